The number of nitro benzene ring substituents is 1. The Hall–Kier alpha value is -3.07. The van der Waals surface area contributed by atoms with E-state index in [1.54, 1.807) is 19.1 Å². The van der Waals surface area contributed by atoms with Gasteiger partial charge in [0.05, 0.1) is 11.5 Å². The Bertz CT molecular complexity index is 1040. The van der Waals surface area contributed by atoms with Gasteiger partial charge in [-0.05, 0) is 31.2 Å². The molecule has 9 heteroatoms. The number of nitrogens with zero attached hydrogens (tertiary/aromatic N) is 1. The van der Waals surface area contributed by atoms with Crippen molar-refractivity contribution in [2.75, 3.05) is 11.9 Å². The molecule has 6 nitrogen and oxygen atoms in total. The molecule has 2 aromatic carbocycles. The van der Waals surface area contributed by atoms with E-state index in [2.05, 4.69) is 5.32 Å². The second-order valence-corrected chi connectivity index (χ2v) is 6.57. The second kappa shape index (κ2) is 7.67. The fraction of sp³-hybridized carbons (Fsp3) is 0.167. The zero-order valence-corrected chi connectivity index (χ0v) is 14.9. The SMILES string of the molecule is CCOC(=O)c1sc2cccc(F)c2c1CNc1ccc(F)c([N+](=O)[O-])c1. The van der Waals surface area contributed by atoms with Gasteiger partial charge in [-0.15, -0.1) is 11.3 Å². The number of hydrogen-bond acceptors (Lipinski definition) is 6. The number of ether oxygens (including phenoxy) is 1. The third-order valence-corrected chi connectivity index (χ3v) is 5.01. The highest BCUT2D eigenvalue weighted by Crippen LogP contribution is 2.34. The number of fused-ring (bicyclic) bond motifs is 1. The lowest BCUT2D eigenvalue weighted by Crippen LogP contribution is -2.08. The molecule has 0 saturated heterocycles. The van der Waals surface area contributed by atoms with Crippen molar-refractivity contribution in [2.24, 2.45) is 0 Å². The van der Waals surface area contributed by atoms with Gasteiger partial charge >= 0.3 is 11.7 Å². The maximum absolute atomic E-state index is 14.3. The van der Waals surface area contributed by atoms with Crippen LogP contribution in [0.2, 0.25) is 0 Å². The molecular weight excluding hydrogens is 378 g/mol. The zero-order valence-electron chi connectivity index (χ0n) is 14.1. The lowest BCUT2D eigenvalue weighted by molar-refractivity contribution is -0.387. The number of hydrogen-bond donors (Lipinski definition) is 1. The summed E-state index contributed by atoms with van der Waals surface area (Å²) in [6.07, 6.45) is 0. The molecular formula is C18H14F2N2O4S. The first kappa shape index (κ1) is 18.7. The Morgan fingerprint density at radius 1 is 1.26 bits per heavy atom. The smallest absolute Gasteiger partial charge is 0.348 e. The molecule has 0 aliphatic heterocycles. The van der Waals surface area contributed by atoms with Gasteiger partial charge in [0.1, 0.15) is 10.7 Å². The monoisotopic (exact) mass is 392 g/mol. The predicted octanol–water partition coefficient (Wildman–Crippen LogP) is 4.88. The van der Waals surface area contributed by atoms with Crippen molar-refractivity contribution >= 4 is 38.8 Å². The lowest BCUT2D eigenvalue weighted by Gasteiger charge is -2.09. The summed E-state index contributed by atoms with van der Waals surface area (Å²) in [6.45, 7) is 1.85. The number of esters is 1. The van der Waals surface area contributed by atoms with Crippen LogP contribution in [0.3, 0.4) is 0 Å². The molecule has 0 aliphatic rings. The number of rotatable bonds is 6. The van der Waals surface area contributed by atoms with E-state index in [9.17, 15) is 23.7 Å². The number of nitrogens with one attached hydrogen (secondary N) is 1. The highest BCUT2D eigenvalue weighted by atomic mass is 32.1. The molecule has 140 valence electrons. The molecule has 0 atom stereocenters. The maximum atomic E-state index is 14.3. The summed E-state index contributed by atoms with van der Waals surface area (Å²) >= 11 is 1.11. The van der Waals surface area contributed by atoms with Crippen LogP contribution < -0.4 is 5.32 Å². The minimum absolute atomic E-state index is 0.0118. The van der Waals surface area contributed by atoms with E-state index in [4.69, 9.17) is 4.74 Å². The van der Waals surface area contributed by atoms with Crippen LogP contribution >= 0.6 is 11.3 Å². The summed E-state index contributed by atoms with van der Waals surface area (Å²) in [5.74, 6) is -2.01. The van der Waals surface area contributed by atoms with Crippen LogP contribution in [0.15, 0.2) is 36.4 Å². The van der Waals surface area contributed by atoms with Crippen LogP contribution in [0.4, 0.5) is 20.2 Å². The number of carbonyl (C=O) groups excluding carboxylic acids is 1. The van der Waals surface area contributed by atoms with Crippen LogP contribution in [0.25, 0.3) is 10.1 Å². The first-order chi connectivity index (χ1) is 12.9. The van der Waals surface area contributed by atoms with Gasteiger partial charge in [-0.1, -0.05) is 6.07 Å². The third-order valence-electron chi connectivity index (χ3n) is 3.84. The molecule has 0 spiro atoms. The molecule has 1 N–H and O–H groups in total. The molecule has 0 aliphatic carbocycles. The summed E-state index contributed by atoms with van der Waals surface area (Å²) in [6, 6.07) is 7.87. The Morgan fingerprint density at radius 3 is 2.74 bits per heavy atom. The van der Waals surface area contributed by atoms with Crippen LogP contribution in [-0.4, -0.2) is 17.5 Å². The topological polar surface area (TPSA) is 81.5 Å². The van der Waals surface area contributed by atoms with E-state index >= 15 is 0 Å². The van der Waals surface area contributed by atoms with Crippen LogP contribution in [0.5, 0.6) is 0 Å². The van der Waals surface area contributed by atoms with Crippen LogP contribution in [-0.2, 0) is 11.3 Å². The molecule has 0 fully saturated rings. The average Bonchev–Trinajstić information content (AvgIpc) is 3.01. The van der Waals surface area contributed by atoms with Crippen LogP contribution in [0.1, 0.15) is 22.2 Å². The van der Waals surface area contributed by atoms with Gasteiger partial charge in [-0.25, -0.2) is 9.18 Å². The van der Waals surface area contributed by atoms with E-state index in [0.717, 1.165) is 23.5 Å². The maximum Gasteiger partial charge on any atom is 0.348 e. The first-order valence-corrected chi connectivity index (χ1v) is 8.78. The quantitative estimate of drug-likeness (QED) is 0.367. The van der Waals surface area contributed by atoms with E-state index in [1.165, 1.54) is 12.1 Å². The molecule has 0 saturated carbocycles. The fourth-order valence-corrected chi connectivity index (χ4v) is 3.78. The lowest BCUT2D eigenvalue weighted by atomic mass is 10.1. The summed E-state index contributed by atoms with van der Waals surface area (Å²) in [7, 11) is 0. The Kier molecular flexibility index (Phi) is 5.31. The van der Waals surface area contributed by atoms with Crippen LogP contribution in [0, 0.1) is 21.7 Å². The number of thiophene rings is 1. The van der Waals surface area contributed by atoms with Crippen molar-refractivity contribution in [3.8, 4) is 0 Å². The summed E-state index contributed by atoms with van der Waals surface area (Å²) in [5, 5.41) is 14.0. The zero-order chi connectivity index (χ0) is 19.6. The van der Waals surface area contributed by atoms with E-state index in [0.29, 0.717) is 10.3 Å². The van der Waals surface area contributed by atoms with Gasteiger partial charge in [0.15, 0.2) is 0 Å². The minimum atomic E-state index is -0.954. The Morgan fingerprint density at radius 2 is 2.04 bits per heavy atom. The van der Waals surface area contributed by atoms with Crippen molar-refractivity contribution in [1.82, 2.24) is 0 Å². The van der Waals surface area contributed by atoms with Crippen molar-refractivity contribution in [1.29, 1.82) is 0 Å². The molecule has 0 bridgehead atoms. The highest BCUT2D eigenvalue weighted by Gasteiger charge is 2.22. The van der Waals surface area contributed by atoms with E-state index < -0.39 is 28.2 Å². The van der Waals surface area contributed by atoms with Gasteiger partial charge in [-0.2, -0.15) is 4.39 Å². The molecule has 0 amide bonds. The number of anilines is 1. The van der Waals surface area contributed by atoms with E-state index in [1.807, 2.05) is 0 Å². The van der Waals surface area contributed by atoms with E-state index in [-0.39, 0.29) is 29.1 Å². The standard InChI is InChI=1S/C18H14F2N2O4S/c1-2-26-18(23)17-11(16-13(20)4-3-5-15(16)27-17)9-21-10-6-7-12(19)14(8-10)22(24)25/h3-8,21H,2,9H2,1H3. The fourth-order valence-electron chi connectivity index (χ4n) is 2.65. The number of carbonyl (C=O) groups is 1. The molecule has 27 heavy (non-hydrogen) atoms. The van der Waals surface area contributed by atoms with Crippen molar-refractivity contribution in [3.05, 3.63) is 68.6 Å². The summed E-state index contributed by atoms with van der Waals surface area (Å²) < 4.78 is 33.4. The second-order valence-electron chi connectivity index (χ2n) is 5.52. The van der Waals surface area contributed by atoms with Gasteiger partial charge in [-0.3, -0.25) is 10.1 Å². The molecule has 1 aromatic heterocycles. The third kappa shape index (κ3) is 3.72. The minimum Gasteiger partial charge on any atom is -0.462 e. The predicted molar refractivity (Wildman–Crippen MR) is 98.1 cm³/mol. The van der Waals surface area contributed by atoms with Gasteiger partial charge in [0.2, 0.25) is 5.82 Å². The average molecular weight is 392 g/mol. The van der Waals surface area contributed by atoms with Crippen molar-refractivity contribution in [2.45, 2.75) is 13.5 Å². The highest BCUT2D eigenvalue weighted by molar-refractivity contribution is 7.21. The molecule has 1 heterocycles. The molecule has 3 rings (SSSR count). The molecule has 3 aromatic rings. The first-order valence-electron chi connectivity index (χ1n) is 7.97. The van der Waals surface area contributed by atoms with Gasteiger partial charge < -0.3 is 10.1 Å². The Balaban J connectivity index is 1.99. The molecule has 0 radical (unpaired) electrons. The number of benzene rings is 2. The summed E-state index contributed by atoms with van der Waals surface area (Å²) in [4.78, 5) is 22.5. The normalized spacial score (nSPS) is 10.8. The van der Waals surface area contributed by atoms with Gasteiger partial charge in [0.25, 0.3) is 0 Å². The van der Waals surface area contributed by atoms with Crippen molar-refractivity contribution < 1.29 is 23.2 Å². The largest absolute Gasteiger partial charge is 0.462 e. The number of nitro groups is 1. The summed E-state index contributed by atoms with van der Waals surface area (Å²) in [5.41, 5.74) is -0.0147. The number of halogens is 2. The molecule has 0 unspecified atom stereocenters. The van der Waals surface area contributed by atoms with Crippen molar-refractivity contribution in [3.63, 3.8) is 0 Å². The van der Waals surface area contributed by atoms with Gasteiger partial charge in [0, 0.05) is 33.9 Å². The Labute approximate surface area is 156 Å².